The van der Waals surface area contributed by atoms with Crippen molar-refractivity contribution in [3.63, 3.8) is 0 Å². The summed E-state index contributed by atoms with van der Waals surface area (Å²) >= 11 is 0. The molecule has 0 amide bonds. The molecule has 82 valence electrons. The third-order valence-electron chi connectivity index (χ3n) is 3.84. The standard InChI is InChI=1S/C12H22O2/c13-11(9-10-5-6-10)12(14)7-3-1-2-4-8-12/h10-11,13-14H,1-9H2. The van der Waals surface area contributed by atoms with Crippen molar-refractivity contribution in [2.45, 2.75) is 69.5 Å². The molecule has 0 aliphatic heterocycles. The number of aliphatic hydroxyl groups excluding tert-OH is 1. The van der Waals surface area contributed by atoms with E-state index in [-0.39, 0.29) is 0 Å². The van der Waals surface area contributed by atoms with Gasteiger partial charge in [-0.2, -0.15) is 0 Å². The summed E-state index contributed by atoms with van der Waals surface area (Å²) in [6, 6.07) is 0. The van der Waals surface area contributed by atoms with Crippen LogP contribution in [0.15, 0.2) is 0 Å². The zero-order chi connectivity index (χ0) is 10.0. The molecule has 0 radical (unpaired) electrons. The van der Waals surface area contributed by atoms with Gasteiger partial charge in [-0.05, 0) is 25.2 Å². The third kappa shape index (κ3) is 2.48. The summed E-state index contributed by atoms with van der Waals surface area (Å²) in [6.07, 6.45) is 9.10. The molecule has 2 saturated carbocycles. The molecule has 14 heavy (non-hydrogen) atoms. The van der Waals surface area contributed by atoms with Gasteiger partial charge in [-0.1, -0.05) is 38.5 Å². The van der Waals surface area contributed by atoms with Crippen LogP contribution < -0.4 is 0 Å². The van der Waals surface area contributed by atoms with Crippen molar-refractivity contribution in [2.24, 2.45) is 5.92 Å². The lowest BCUT2D eigenvalue weighted by Gasteiger charge is -2.32. The number of rotatable bonds is 3. The predicted molar refractivity (Wildman–Crippen MR) is 56.0 cm³/mol. The van der Waals surface area contributed by atoms with E-state index in [4.69, 9.17) is 0 Å². The van der Waals surface area contributed by atoms with Crippen molar-refractivity contribution in [1.29, 1.82) is 0 Å². The van der Waals surface area contributed by atoms with E-state index >= 15 is 0 Å². The van der Waals surface area contributed by atoms with E-state index in [2.05, 4.69) is 0 Å². The van der Waals surface area contributed by atoms with Crippen molar-refractivity contribution in [1.82, 2.24) is 0 Å². The molecular formula is C12H22O2. The third-order valence-corrected chi connectivity index (χ3v) is 3.84. The van der Waals surface area contributed by atoms with Crippen LogP contribution in [0.4, 0.5) is 0 Å². The average molecular weight is 198 g/mol. The molecule has 2 N–H and O–H groups in total. The van der Waals surface area contributed by atoms with Gasteiger partial charge in [0.15, 0.2) is 0 Å². The number of hydrogen-bond donors (Lipinski definition) is 2. The highest BCUT2D eigenvalue weighted by molar-refractivity contribution is 4.91. The molecule has 0 aromatic rings. The van der Waals surface area contributed by atoms with Crippen molar-refractivity contribution < 1.29 is 10.2 Å². The highest BCUT2D eigenvalue weighted by Crippen LogP contribution is 2.39. The summed E-state index contributed by atoms with van der Waals surface area (Å²) in [7, 11) is 0. The summed E-state index contributed by atoms with van der Waals surface area (Å²) in [6.45, 7) is 0. The van der Waals surface area contributed by atoms with Gasteiger partial charge in [0, 0.05) is 0 Å². The van der Waals surface area contributed by atoms with Gasteiger partial charge in [0.1, 0.15) is 0 Å². The Balaban J connectivity index is 1.89. The normalized spacial score (nSPS) is 29.6. The molecule has 0 bridgehead atoms. The Labute approximate surface area is 86.3 Å². The van der Waals surface area contributed by atoms with Crippen LogP contribution in [0, 0.1) is 5.92 Å². The molecular weight excluding hydrogens is 176 g/mol. The summed E-state index contributed by atoms with van der Waals surface area (Å²) in [4.78, 5) is 0. The molecule has 1 atom stereocenters. The molecule has 2 aliphatic carbocycles. The lowest BCUT2D eigenvalue weighted by atomic mass is 9.86. The van der Waals surface area contributed by atoms with Crippen molar-refractivity contribution in [3.05, 3.63) is 0 Å². The van der Waals surface area contributed by atoms with E-state index in [1.807, 2.05) is 0 Å². The fourth-order valence-electron chi connectivity index (χ4n) is 2.56. The van der Waals surface area contributed by atoms with Crippen LogP contribution >= 0.6 is 0 Å². The van der Waals surface area contributed by atoms with E-state index in [0.717, 1.165) is 32.1 Å². The molecule has 2 heteroatoms. The van der Waals surface area contributed by atoms with Crippen LogP contribution in [0.5, 0.6) is 0 Å². The van der Waals surface area contributed by atoms with E-state index in [9.17, 15) is 10.2 Å². The van der Waals surface area contributed by atoms with Gasteiger partial charge in [0.25, 0.3) is 0 Å². The van der Waals surface area contributed by atoms with E-state index in [1.165, 1.54) is 25.7 Å². The second-order valence-electron chi connectivity index (χ2n) is 5.21. The molecule has 0 aromatic carbocycles. The zero-order valence-corrected chi connectivity index (χ0v) is 8.91. The lowest BCUT2D eigenvalue weighted by molar-refractivity contribution is -0.0892. The monoisotopic (exact) mass is 198 g/mol. The van der Waals surface area contributed by atoms with Gasteiger partial charge in [0.05, 0.1) is 11.7 Å². The Morgan fingerprint density at radius 2 is 1.64 bits per heavy atom. The highest BCUT2D eigenvalue weighted by Gasteiger charge is 2.38. The summed E-state index contributed by atoms with van der Waals surface area (Å²) < 4.78 is 0. The van der Waals surface area contributed by atoms with Crippen molar-refractivity contribution in [3.8, 4) is 0 Å². The van der Waals surface area contributed by atoms with Gasteiger partial charge < -0.3 is 10.2 Å². The SMILES string of the molecule is OC(CC1CC1)C1(O)CCCCCC1. The molecule has 0 saturated heterocycles. The van der Waals surface area contributed by atoms with Crippen LogP contribution in [0.1, 0.15) is 57.8 Å². The molecule has 0 heterocycles. The minimum absolute atomic E-state index is 0.465. The summed E-state index contributed by atoms with van der Waals surface area (Å²) in [5, 5.41) is 20.4. The Hall–Kier alpha value is -0.0800. The first-order chi connectivity index (χ1) is 6.71. The minimum atomic E-state index is -0.751. The molecule has 0 aromatic heterocycles. The first kappa shape index (κ1) is 10.4. The molecule has 2 fully saturated rings. The van der Waals surface area contributed by atoms with Crippen LogP contribution in [0.2, 0.25) is 0 Å². The molecule has 2 rings (SSSR count). The molecule has 0 spiro atoms. The van der Waals surface area contributed by atoms with E-state index in [1.54, 1.807) is 0 Å². The largest absolute Gasteiger partial charge is 0.390 e. The van der Waals surface area contributed by atoms with E-state index < -0.39 is 11.7 Å². The smallest absolute Gasteiger partial charge is 0.0905 e. The average Bonchev–Trinajstić information content (AvgIpc) is 2.94. The topological polar surface area (TPSA) is 40.5 Å². The van der Waals surface area contributed by atoms with Crippen LogP contribution in [0.25, 0.3) is 0 Å². The summed E-state index contributed by atoms with van der Waals surface area (Å²) in [5.41, 5.74) is -0.751. The molecule has 2 nitrogen and oxygen atoms in total. The fraction of sp³-hybridized carbons (Fsp3) is 1.00. The minimum Gasteiger partial charge on any atom is -0.390 e. The molecule has 1 unspecified atom stereocenters. The van der Waals surface area contributed by atoms with Gasteiger partial charge in [-0.25, -0.2) is 0 Å². The highest BCUT2D eigenvalue weighted by atomic mass is 16.3. The number of hydrogen-bond acceptors (Lipinski definition) is 2. The number of aliphatic hydroxyl groups is 2. The Bertz CT molecular complexity index is 179. The van der Waals surface area contributed by atoms with Crippen LogP contribution in [0.3, 0.4) is 0 Å². The van der Waals surface area contributed by atoms with E-state index in [0.29, 0.717) is 5.92 Å². The van der Waals surface area contributed by atoms with Crippen LogP contribution in [-0.4, -0.2) is 21.9 Å². The first-order valence-electron chi connectivity index (χ1n) is 6.11. The molecule has 2 aliphatic rings. The Morgan fingerprint density at radius 3 is 2.14 bits per heavy atom. The Morgan fingerprint density at radius 1 is 1.07 bits per heavy atom. The maximum atomic E-state index is 10.3. The predicted octanol–water partition coefficient (Wildman–Crippen LogP) is 2.23. The fourth-order valence-corrected chi connectivity index (χ4v) is 2.56. The van der Waals surface area contributed by atoms with Gasteiger partial charge in [-0.3, -0.25) is 0 Å². The Kier molecular flexibility index (Phi) is 3.13. The van der Waals surface area contributed by atoms with Gasteiger partial charge in [-0.15, -0.1) is 0 Å². The first-order valence-corrected chi connectivity index (χ1v) is 6.11. The second-order valence-corrected chi connectivity index (χ2v) is 5.21. The van der Waals surface area contributed by atoms with Crippen LogP contribution in [-0.2, 0) is 0 Å². The summed E-state index contributed by atoms with van der Waals surface area (Å²) in [5.74, 6) is 0.706. The van der Waals surface area contributed by atoms with Gasteiger partial charge in [0.2, 0.25) is 0 Å². The maximum absolute atomic E-state index is 10.3. The maximum Gasteiger partial charge on any atom is 0.0905 e. The lowest BCUT2D eigenvalue weighted by Crippen LogP contribution is -2.42. The van der Waals surface area contributed by atoms with Crippen molar-refractivity contribution in [2.75, 3.05) is 0 Å². The quantitative estimate of drug-likeness (QED) is 0.683. The van der Waals surface area contributed by atoms with Gasteiger partial charge >= 0.3 is 0 Å². The van der Waals surface area contributed by atoms with Crippen molar-refractivity contribution >= 4 is 0 Å². The second kappa shape index (κ2) is 4.19. The zero-order valence-electron chi connectivity index (χ0n) is 8.91.